The summed E-state index contributed by atoms with van der Waals surface area (Å²) in [4.78, 5) is 25.0. The highest BCUT2D eigenvalue weighted by molar-refractivity contribution is 5.82. The van der Waals surface area contributed by atoms with E-state index in [2.05, 4.69) is 17.6 Å². The quantitative estimate of drug-likeness (QED) is 0.176. The minimum atomic E-state index is -1.58. The van der Waals surface area contributed by atoms with Crippen LogP contribution in [-0.4, -0.2) is 97.0 Å². The number of fused-ring (bicyclic) bond motifs is 1. The second-order valence-electron chi connectivity index (χ2n) is 9.42. The van der Waals surface area contributed by atoms with E-state index in [-0.39, 0.29) is 26.0 Å². The summed E-state index contributed by atoms with van der Waals surface area (Å²) in [5.41, 5.74) is -1.58. The topological polar surface area (TPSA) is 156 Å². The van der Waals surface area contributed by atoms with Gasteiger partial charge in [-0.25, -0.2) is 0 Å². The molecule has 2 saturated heterocycles. The van der Waals surface area contributed by atoms with Crippen LogP contribution in [0.15, 0.2) is 0 Å². The molecule has 4 atom stereocenters. The summed E-state index contributed by atoms with van der Waals surface area (Å²) in [5, 5.41) is 33.7. The van der Waals surface area contributed by atoms with E-state index in [1.165, 1.54) is 38.5 Å². The van der Waals surface area contributed by atoms with Crippen molar-refractivity contribution in [1.82, 2.24) is 10.6 Å². The second-order valence-corrected chi connectivity index (χ2v) is 9.42. The Hall–Kier alpha value is -1.34. The van der Waals surface area contributed by atoms with Crippen molar-refractivity contribution < 1.29 is 43.9 Å². The lowest BCUT2D eigenvalue weighted by atomic mass is 9.97. The maximum atomic E-state index is 12.8. The molecule has 2 amide bonds. The fraction of sp³-hybridized carbons (Fsp3) is 0.917. The molecule has 0 aromatic carbocycles. The van der Waals surface area contributed by atoms with E-state index in [0.29, 0.717) is 6.42 Å². The average Bonchev–Trinajstić information content (AvgIpc) is 2.89. The highest BCUT2D eigenvalue weighted by Gasteiger charge is 2.48. The lowest BCUT2D eigenvalue weighted by molar-refractivity contribution is -0.315. The average molecular weight is 505 g/mol. The van der Waals surface area contributed by atoms with Gasteiger partial charge in [0, 0.05) is 13.0 Å². The van der Waals surface area contributed by atoms with Crippen molar-refractivity contribution in [2.24, 2.45) is 0 Å². The van der Waals surface area contributed by atoms with E-state index in [1.54, 1.807) is 0 Å². The fourth-order valence-electron chi connectivity index (χ4n) is 4.25. The Morgan fingerprint density at radius 3 is 2.00 bits per heavy atom. The van der Waals surface area contributed by atoms with Crippen LogP contribution in [0, 0.1) is 0 Å². The maximum absolute atomic E-state index is 12.8. The van der Waals surface area contributed by atoms with Crippen LogP contribution in [-0.2, 0) is 28.5 Å². The van der Waals surface area contributed by atoms with Crippen molar-refractivity contribution in [3.05, 3.63) is 0 Å². The molecule has 0 saturated carbocycles. The zero-order valence-electron chi connectivity index (χ0n) is 20.9. The minimum Gasteiger partial charge on any atom is -0.394 e. The van der Waals surface area contributed by atoms with E-state index >= 15 is 0 Å². The molecule has 11 nitrogen and oxygen atoms in total. The van der Waals surface area contributed by atoms with Gasteiger partial charge >= 0.3 is 0 Å². The lowest BCUT2D eigenvalue weighted by Crippen LogP contribution is -2.66. The molecule has 2 aliphatic rings. The Bertz CT molecular complexity index is 610. The number of rotatable bonds is 17. The molecule has 0 aliphatic carbocycles. The number of aliphatic hydroxyl groups is 3. The predicted molar refractivity (Wildman–Crippen MR) is 126 cm³/mol. The van der Waals surface area contributed by atoms with Crippen LogP contribution < -0.4 is 10.6 Å². The van der Waals surface area contributed by atoms with Gasteiger partial charge in [-0.3, -0.25) is 9.59 Å². The Morgan fingerprint density at radius 1 is 0.800 bits per heavy atom. The molecule has 0 aromatic rings. The molecular formula is C24H44N2O9. The molecule has 204 valence electrons. The summed E-state index contributed by atoms with van der Waals surface area (Å²) in [7, 11) is 0. The first-order valence-electron chi connectivity index (χ1n) is 12.9. The van der Waals surface area contributed by atoms with Gasteiger partial charge < -0.3 is 44.9 Å². The lowest BCUT2D eigenvalue weighted by Gasteiger charge is -2.44. The number of unbranched alkanes of at least 4 members (excludes halogenated alkanes) is 8. The summed E-state index contributed by atoms with van der Waals surface area (Å²) in [5.74, 6) is -0.713. The first-order chi connectivity index (χ1) is 17.0. The molecule has 2 aliphatic heterocycles. The van der Waals surface area contributed by atoms with Gasteiger partial charge in [-0.05, 0) is 6.42 Å². The van der Waals surface area contributed by atoms with Crippen molar-refractivity contribution in [3.8, 4) is 0 Å². The molecule has 0 spiro atoms. The fourth-order valence-corrected chi connectivity index (χ4v) is 4.25. The summed E-state index contributed by atoms with van der Waals surface area (Å²) in [6.45, 7) is 0.164. The van der Waals surface area contributed by atoms with Crippen LogP contribution in [0.2, 0.25) is 0 Å². The van der Waals surface area contributed by atoms with Gasteiger partial charge in [0.2, 0.25) is 5.91 Å². The van der Waals surface area contributed by atoms with Crippen LogP contribution in [0.1, 0.15) is 71.1 Å². The Labute approximate surface area is 207 Å². The van der Waals surface area contributed by atoms with Gasteiger partial charge in [0.1, 0.15) is 37.4 Å². The number of hydrogen-bond donors (Lipinski definition) is 5. The minimum absolute atomic E-state index is 0.0560. The van der Waals surface area contributed by atoms with E-state index in [4.69, 9.17) is 18.9 Å². The van der Waals surface area contributed by atoms with Gasteiger partial charge in [0.25, 0.3) is 5.91 Å². The predicted octanol–water partition coefficient (Wildman–Crippen LogP) is 0.338. The van der Waals surface area contributed by atoms with Crippen molar-refractivity contribution in [3.63, 3.8) is 0 Å². The number of aliphatic hydroxyl groups excluding tert-OH is 3. The smallest absolute Gasteiger partial charge is 0.252 e. The summed E-state index contributed by atoms with van der Waals surface area (Å²) in [6, 6.07) is 0. The van der Waals surface area contributed by atoms with E-state index in [9.17, 15) is 24.9 Å². The molecule has 35 heavy (non-hydrogen) atoms. The van der Waals surface area contributed by atoms with Crippen LogP contribution in [0.25, 0.3) is 0 Å². The zero-order chi connectivity index (χ0) is 25.5. The van der Waals surface area contributed by atoms with Gasteiger partial charge in [-0.2, -0.15) is 0 Å². The largest absolute Gasteiger partial charge is 0.394 e. The Balaban J connectivity index is 1.73. The van der Waals surface area contributed by atoms with E-state index in [0.717, 1.165) is 19.3 Å². The Kier molecular flexibility index (Phi) is 14.0. The molecule has 0 bridgehead atoms. The Morgan fingerprint density at radius 2 is 1.37 bits per heavy atom. The van der Waals surface area contributed by atoms with Gasteiger partial charge in [0.05, 0.1) is 19.8 Å². The summed E-state index contributed by atoms with van der Waals surface area (Å²) >= 11 is 0. The van der Waals surface area contributed by atoms with E-state index < -0.39 is 55.7 Å². The van der Waals surface area contributed by atoms with Crippen LogP contribution in [0.3, 0.4) is 0 Å². The van der Waals surface area contributed by atoms with Crippen molar-refractivity contribution in [2.75, 3.05) is 40.0 Å². The van der Waals surface area contributed by atoms with Gasteiger partial charge in [-0.15, -0.1) is 0 Å². The SMILES string of the molecule is CCCCCCCCCCCC(=O)NC[C@H]1OCO[C@H]2[C@@H]1OCO[C@H]2C(=O)NC(CO)(CO)CO. The standard InChI is InChI=1S/C24H44N2O9/c1-2-3-4-5-6-7-8-9-10-11-19(30)25-12-18-20-21(34-16-32-18)22(35-17-33-20)23(31)26-24(13-27,14-28)15-29/h18,20-22,27-29H,2-17H2,1H3,(H,25,30)(H,26,31)/t18-,20-,21+,22-/m1/s1. The zero-order valence-corrected chi connectivity index (χ0v) is 20.9. The molecule has 0 aromatic heterocycles. The highest BCUT2D eigenvalue weighted by Crippen LogP contribution is 2.26. The summed E-state index contributed by atoms with van der Waals surface area (Å²) < 4.78 is 22.2. The molecule has 11 heteroatoms. The van der Waals surface area contributed by atoms with Crippen LogP contribution in [0.5, 0.6) is 0 Å². The number of hydrogen-bond acceptors (Lipinski definition) is 9. The number of nitrogens with one attached hydrogen (secondary N) is 2. The van der Waals surface area contributed by atoms with E-state index in [1.807, 2.05) is 0 Å². The third-order valence-corrected chi connectivity index (χ3v) is 6.60. The number of ether oxygens (including phenoxy) is 4. The molecule has 5 N–H and O–H groups in total. The molecule has 2 heterocycles. The van der Waals surface area contributed by atoms with Crippen molar-refractivity contribution in [1.29, 1.82) is 0 Å². The molecule has 2 rings (SSSR count). The van der Waals surface area contributed by atoms with Gasteiger partial charge in [0.15, 0.2) is 6.10 Å². The first-order valence-corrected chi connectivity index (χ1v) is 12.9. The van der Waals surface area contributed by atoms with Crippen molar-refractivity contribution >= 4 is 11.8 Å². The molecule has 2 fully saturated rings. The highest BCUT2D eigenvalue weighted by atomic mass is 16.8. The summed E-state index contributed by atoms with van der Waals surface area (Å²) in [6.07, 6.45) is 8.03. The molecule has 0 radical (unpaired) electrons. The number of carbonyl (C=O) groups is 2. The molecular weight excluding hydrogens is 460 g/mol. The van der Waals surface area contributed by atoms with Crippen molar-refractivity contribution in [2.45, 2.75) is 101 Å². The number of amides is 2. The van der Waals surface area contributed by atoms with Gasteiger partial charge in [-0.1, -0.05) is 58.3 Å². The monoisotopic (exact) mass is 504 g/mol. The third kappa shape index (κ3) is 9.56. The second kappa shape index (κ2) is 16.4. The normalized spacial score (nSPS) is 24.6. The maximum Gasteiger partial charge on any atom is 0.252 e. The number of carbonyl (C=O) groups excluding carboxylic acids is 2. The van der Waals surface area contributed by atoms with Crippen LogP contribution in [0.4, 0.5) is 0 Å². The molecule has 0 unspecified atom stereocenters. The first kappa shape index (κ1) is 29.9. The third-order valence-electron chi connectivity index (χ3n) is 6.60. The van der Waals surface area contributed by atoms with Crippen LogP contribution >= 0.6 is 0 Å².